The predicted octanol–water partition coefficient (Wildman–Crippen LogP) is 2.56. The number of benzene rings is 1. The minimum absolute atomic E-state index is 0.0410. The van der Waals surface area contributed by atoms with E-state index in [2.05, 4.69) is 26.1 Å². The molecular formula is C13H17NO2. The van der Waals surface area contributed by atoms with Crippen molar-refractivity contribution in [2.75, 3.05) is 12.4 Å². The summed E-state index contributed by atoms with van der Waals surface area (Å²) < 4.78 is 4.73. The number of carbonyl (C=O) groups excluding carboxylic acids is 1. The minimum Gasteiger partial charge on any atom is -0.465 e. The Morgan fingerprint density at radius 3 is 2.75 bits per heavy atom. The monoisotopic (exact) mass is 219 g/mol. The van der Waals surface area contributed by atoms with Crippen LogP contribution in [-0.2, 0) is 10.2 Å². The highest BCUT2D eigenvalue weighted by Crippen LogP contribution is 2.40. The lowest BCUT2D eigenvalue weighted by molar-refractivity contribution is 0.0600. The van der Waals surface area contributed by atoms with E-state index in [-0.39, 0.29) is 11.4 Å². The lowest BCUT2D eigenvalue weighted by Gasteiger charge is -2.24. The number of ether oxygens (including phenoxy) is 1. The average Bonchev–Trinajstić information content (AvgIpc) is 2.49. The average molecular weight is 219 g/mol. The van der Waals surface area contributed by atoms with Gasteiger partial charge in [-0.15, -0.1) is 0 Å². The molecule has 3 heteroatoms. The van der Waals surface area contributed by atoms with Crippen LogP contribution in [0.1, 0.15) is 36.7 Å². The second-order valence-corrected chi connectivity index (χ2v) is 4.84. The minimum atomic E-state index is -0.279. The molecule has 1 aliphatic rings. The first-order chi connectivity index (χ1) is 7.46. The van der Waals surface area contributed by atoms with E-state index in [1.807, 2.05) is 12.1 Å². The number of carbonyl (C=O) groups is 1. The van der Waals surface area contributed by atoms with Crippen LogP contribution < -0.4 is 5.32 Å². The quantitative estimate of drug-likeness (QED) is 0.738. The predicted molar refractivity (Wildman–Crippen MR) is 63.9 cm³/mol. The van der Waals surface area contributed by atoms with Crippen molar-refractivity contribution in [3.63, 3.8) is 0 Å². The Bertz CT molecular complexity index is 438. The topological polar surface area (TPSA) is 38.3 Å². The summed E-state index contributed by atoms with van der Waals surface area (Å²) in [5, 5.41) is 3.42. The van der Waals surface area contributed by atoms with Gasteiger partial charge in [0.2, 0.25) is 0 Å². The van der Waals surface area contributed by atoms with Crippen molar-refractivity contribution < 1.29 is 9.53 Å². The maximum absolute atomic E-state index is 11.5. The van der Waals surface area contributed by atoms with E-state index >= 15 is 0 Å². The van der Waals surface area contributed by atoms with Crippen molar-refractivity contribution >= 4 is 11.7 Å². The van der Waals surface area contributed by atoms with E-state index < -0.39 is 0 Å². The van der Waals surface area contributed by atoms with Gasteiger partial charge in [0.15, 0.2) is 0 Å². The van der Waals surface area contributed by atoms with E-state index in [9.17, 15) is 4.79 Å². The van der Waals surface area contributed by atoms with Gasteiger partial charge in [-0.25, -0.2) is 4.79 Å². The molecule has 2 rings (SSSR count). The van der Waals surface area contributed by atoms with Crippen LogP contribution in [0, 0.1) is 0 Å². The lowest BCUT2D eigenvalue weighted by Crippen LogP contribution is -2.30. The van der Waals surface area contributed by atoms with Crippen molar-refractivity contribution in [2.24, 2.45) is 0 Å². The molecule has 0 spiro atoms. The SMILES string of the molecule is COC(=O)c1ccc2c(c1)C(C)(C)[C@H](C)N2. The summed E-state index contributed by atoms with van der Waals surface area (Å²) in [5.41, 5.74) is 2.96. The summed E-state index contributed by atoms with van der Waals surface area (Å²) in [6.07, 6.45) is 0. The molecule has 0 aromatic heterocycles. The molecule has 3 nitrogen and oxygen atoms in total. The Morgan fingerprint density at radius 1 is 1.44 bits per heavy atom. The molecule has 0 fully saturated rings. The molecule has 0 radical (unpaired) electrons. The highest BCUT2D eigenvalue weighted by atomic mass is 16.5. The van der Waals surface area contributed by atoms with Crippen LogP contribution in [-0.4, -0.2) is 19.1 Å². The summed E-state index contributed by atoms with van der Waals surface area (Å²) in [7, 11) is 1.40. The summed E-state index contributed by atoms with van der Waals surface area (Å²) in [5.74, 6) is -0.279. The van der Waals surface area contributed by atoms with Gasteiger partial charge < -0.3 is 10.1 Å². The number of fused-ring (bicyclic) bond motifs is 1. The molecule has 1 heterocycles. The number of hydrogen-bond donors (Lipinski definition) is 1. The molecule has 1 atom stereocenters. The fraction of sp³-hybridized carbons (Fsp3) is 0.462. The van der Waals surface area contributed by atoms with Gasteiger partial charge in [-0.3, -0.25) is 0 Å². The van der Waals surface area contributed by atoms with Crippen LogP contribution in [0.15, 0.2) is 18.2 Å². The fourth-order valence-corrected chi connectivity index (χ4v) is 2.09. The standard InChI is InChI=1S/C13H17NO2/c1-8-13(2,3)10-7-9(12(15)16-4)5-6-11(10)14-8/h5-8,14H,1-4H3/t8-/m0/s1. The molecular weight excluding hydrogens is 202 g/mol. The lowest BCUT2D eigenvalue weighted by atomic mass is 9.81. The van der Waals surface area contributed by atoms with E-state index in [1.165, 1.54) is 12.7 Å². The fourth-order valence-electron chi connectivity index (χ4n) is 2.09. The van der Waals surface area contributed by atoms with E-state index in [4.69, 9.17) is 4.74 Å². The third kappa shape index (κ3) is 1.47. The van der Waals surface area contributed by atoms with Gasteiger partial charge >= 0.3 is 5.97 Å². The maximum Gasteiger partial charge on any atom is 0.337 e. The zero-order valence-electron chi connectivity index (χ0n) is 10.1. The number of hydrogen-bond acceptors (Lipinski definition) is 3. The van der Waals surface area contributed by atoms with Crippen molar-refractivity contribution in [2.45, 2.75) is 32.2 Å². The third-order valence-corrected chi connectivity index (χ3v) is 3.59. The maximum atomic E-state index is 11.5. The van der Waals surface area contributed by atoms with Crippen LogP contribution in [0.3, 0.4) is 0 Å². The van der Waals surface area contributed by atoms with E-state index in [0.717, 1.165) is 5.69 Å². The Kier molecular flexibility index (Phi) is 2.41. The van der Waals surface area contributed by atoms with Crippen molar-refractivity contribution in [1.29, 1.82) is 0 Å². The molecule has 0 aliphatic carbocycles. The van der Waals surface area contributed by atoms with Crippen LogP contribution in [0.5, 0.6) is 0 Å². The zero-order valence-corrected chi connectivity index (χ0v) is 10.1. The van der Waals surface area contributed by atoms with Crippen LogP contribution in [0.4, 0.5) is 5.69 Å². The third-order valence-electron chi connectivity index (χ3n) is 3.59. The molecule has 0 saturated heterocycles. The van der Waals surface area contributed by atoms with Crippen molar-refractivity contribution in [3.05, 3.63) is 29.3 Å². The Balaban J connectivity index is 2.48. The molecule has 1 aromatic carbocycles. The highest BCUT2D eigenvalue weighted by molar-refractivity contribution is 5.90. The summed E-state index contributed by atoms with van der Waals surface area (Å²) in [6.45, 7) is 6.51. The van der Waals surface area contributed by atoms with Gasteiger partial charge in [-0.05, 0) is 30.7 Å². The molecule has 1 aliphatic heterocycles. The van der Waals surface area contributed by atoms with Gasteiger partial charge in [0.25, 0.3) is 0 Å². The second kappa shape index (κ2) is 3.51. The number of anilines is 1. The van der Waals surface area contributed by atoms with Crippen LogP contribution in [0.2, 0.25) is 0 Å². The molecule has 0 amide bonds. The van der Waals surface area contributed by atoms with E-state index in [0.29, 0.717) is 11.6 Å². The van der Waals surface area contributed by atoms with Crippen molar-refractivity contribution in [1.82, 2.24) is 0 Å². The normalized spacial score (nSPS) is 21.1. The second-order valence-electron chi connectivity index (χ2n) is 4.84. The molecule has 0 saturated carbocycles. The first-order valence-electron chi connectivity index (χ1n) is 5.46. The molecule has 0 unspecified atom stereocenters. The highest BCUT2D eigenvalue weighted by Gasteiger charge is 2.36. The van der Waals surface area contributed by atoms with Gasteiger partial charge in [0, 0.05) is 17.1 Å². The first-order valence-corrected chi connectivity index (χ1v) is 5.46. The van der Waals surface area contributed by atoms with Crippen molar-refractivity contribution in [3.8, 4) is 0 Å². The molecule has 1 N–H and O–H groups in total. The number of methoxy groups -OCH3 is 1. The Morgan fingerprint density at radius 2 is 2.12 bits per heavy atom. The molecule has 0 bridgehead atoms. The molecule has 1 aromatic rings. The van der Waals surface area contributed by atoms with Gasteiger partial charge in [-0.1, -0.05) is 13.8 Å². The van der Waals surface area contributed by atoms with Crippen LogP contribution >= 0.6 is 0 Å². The number of esters is 1. The molecule has 86 valence electrons. The summed E-state index contributed by atoms with van der Waals surface area (Å²) in [4.78, 5) is 11.5. The van der Waals surface area contributed by atoms with Gasteiger partial charge in [0.05, 0.1) is 12.7 Å². The van der Waals surface area contributed by atoms with Gasteiger partial charge in [0.1, 0.15) is 0 Å². The Hall–Kier alpha value is -1.51. The summed E-state index contributed by atoms with van der Waals surface area (Å²) in [6, 6.07) is 6.05. The van der Waals surface area contributed by atoms with Gasteiger partial charge in [-0.2, -0.15) is 0 Å². The first kappa shape index (κ1) is 11.0. The number of rotatable bonds is 1. The summed E-state index contributed by atoms with van der Waals surface area (Å²) >= 11 is 0. The Labute approximate surface area is 95.8 Å². The smallest absolute Gasteiger partial charge is 0.337 e. The number of nitrogens with one attached hydrogen (secondary N) is 1. The van der Waals surface area contributed by atoms with Crippen LogP contribution in [0.25, 0.3) is 0 Å². The largest absolute Gasteiger partial charge is 0.465 e. The zero-order chi connectivity index (χ0) is 11.9. The molecule has 16 heavy (non-hydrogen) atoms. The van der Waals surface area contributed by atoms with E-state index in [1.54, 1.807) is 6.07 Å².